The molecule has 0 spiro atoms. The van der Waals surface area contributed by atoms with E-state index in [1.807, 2.05) is 19.1 Å². The van der Waals surface area contributed by atoms with Crippen molar-refractivity contribution in [1.82, 2.24) is 25.1 Å². The SMILES string of the molecule is CCC1CC(N(C)c2nc(Nc3cc(C)[nH]n3)cc(OC3COC3)n2)CC2CCN12. The second-order valence-electron chi connectivity index (χ2n) is 8.71. The van der Waals surface area contributed by atoms with Crippen molar-refractivity contribution in [2.24, 2.45) is 0 Å². The summed E-state index contributed by atoms with van der Waals surface area (Å²) in [6.07, 6.45) is 4.87. The molecule has 2 aromatic heterocycles. The van der Waals surface area contributed by atoms with Gasteiger partial charge >= 0.3 is 0 Å². The van der Waals surface area contributed by atoms with Gasteiger partial charge in [-0.05, 0) is 32.6 Å². The van der Waals surface area contributed by atoms with Gasteiger partial charge in [-0.1, -0.05) is 6.92 Å². The largest absolute Gasteiger partial charge is 0.469 e. The van der Waals surface area contributed by atoms with Crippen LogP contribution in [0.1, 0.15) is 38.3 Å². The molecular formula is C21H31N7O2. The first-order chi connectivity index (χ1) is 14.6. The van der Waals surface area contributed by atoms with Crippen molar-refractivity contribution in [3.63, 3.8) is 0 Å². The number of nitrogens with zero attached hydrogens (tertiary/aromatic N) is 5. The summed E-state index contributed by atoms with van der Waals surface area (Å²) in [4.78, 5) is 14.5. The second kappa shape index (κ2) is 8.03. The van der Waals surface area contributed by atoms with Crippen molar-refractivity contribution in [2.75, 3.05) is 37.0 Å². The zero-order chi connectivity index (χ0) is 20.7. The lowest BCUT2D eigenvalue weighted by Gasteiger charge is -2.53. The average molecular weight is 414 g/mol. The zero-order valence-electron chi connectivity index (χ0n) is 18.0. The summed E-state index contributed by atoms with van der Waals surface area (Å²) in [5.74, 6) is 2.67. The van der Waals surface area contributed by atoms with E-state index < -0.39 is 0 Å². The molecule has 0 saturated carbocycles. The summed E-state index contributed by atoms with van der Waals surface area (Å²) in [5.41, 5.74) is 0.991. The molecule has 0 amide bonds. The van der Waals surface area contributed by atoms with Gasteiger partial charge in [-0.3, -0.25) is 10.00 Å². The van der Waals surface area contributed by atoms with E-state index in [0.29, 0.717) is 49.0 Å². The van der Waals surface area contributed by atoms with Crippen molar-refractivity contribution >= 4 is 17.6 Å². The van der Waals surface area contributed by atoms with Crippen molar-refractivity contribution in [2.45, 2.75) is 63.8 Å². The minimum atomic E-state index is 0.0567. The lowest BCUT2D eigenvalue weighted by atomic mass is 9.82. The third kappa shape index (κ3) is 3.83. The van der Waals surface area contributed by atoms with Crippen molar-refractivity contribution < 1.29 is 9.47 Å². The van der Waals surface area contributed by atoms with Gasteiger partial charge in [0, 0.05) is 49.5 Å². The Morgan fingerprint density at radius 3 is 2.77 bits per heavy atom. The van der Waals surface area contributed by atoms with Crippen LogP contribution in [0.5, 0.6) is 5.88 Å². The third-order valence-electron chi connectivity index (χ3n) is 6.63. The Morgan fingerprint density at radius 1 is 1.27 bits per heavy atom. The number of ether oxygens (including phenoxy) is 2. The number of H-pyrrole nitrogens is 1. The topological polar surface area (TPSA) is 91.4 Å². The van der Waals surface area contributed by atoms with Gasteiger partial charge in [-0.2, -0.15) is 15.1 Å². The number of nitrogens with one attached hydrogen (secondary N) is 2. The Labute approximate surface area is 177 Å². The molecule has 3 aliphatic rings. The molecule has 3 aliphatic heterocycles. The Bertz CT molecular complexity index is 884. The molecule has 0 radical (unpaired) electrons. The number of anilines is 3. The van der Waals surface area contributed by atoms with Crippen LogP contribution in [0.25, 0.3) is 0 Å². The van der Waals surface area contributed by atoms with Gasteiger partial charge in [0.1, 0.15) is 11.9 Å². The van der Waals surface area contributed by atoms with Gasteiger partial charge in [0.25, 0.3) is 0 Å². The lowest BCUT2D eigenvalue weighted by Crippen LogP contribution is -2.61. The Balaban J connectivity index is 1.39. The fraction of sp³-hybridized carbons (Fsp3) is 0.667. The highest BCUT2D eigenvalue weighted by Gasteiger charge is 2.41. The molecule has 3 saturated heterocycles. The number of piperidine rings is 1. The first-order valence-electron chi connectivity index (χ1n) is 11.0. The van der Waals surface area contributed by atoms with Gasteiger partial charge < -0.3 is 19.7 Å². The summed E-state index contributed by atoms with van der Waals surface area (Å²) in [7, 11) is 2.11. The maximum absolute atomic E-state index is 6.02. The molecule has 0 bridgehead atoms. The molecule has 0 aromatic carbocycles. The molecule has 3 atom stereocenters. The van der Waals surface area contributed by atoms with Crippen LogP contribution in [0.15, 0.2) is 12.1 Å². The summed E-state index contributed by atoms with van der Waals surface area (Å²) in [6, 6.07) is 5.57. The maximum Gasteiger partial charge on any atom is 0.230 e. The predicted octanol–water partition coefficient (Wildman–Crippen LogP) is 2.48. The van der Waals surface area contributed by atoms with Gasteiger partial charge in [0.05, 0.1) is 13.2 Å². The minimum Gasteiger partial charge on any atom is -0.469 e. The number of rotatable bonds is 7. The predicted molar refractivity (Wildman–Crippen MR) is 114 cm³/mol. The van der Waals surface area contributed by atoms with Crippen LogP contribution in [0.4, 0.5) is 17.6 Å². The molecule has 3 fully saturated rings. The van der Waals surface area contributed by atoms with Crippen LogP contribution in [0.3, 0.4) is 0 Å². The van der Waals surface area contributed by atoms with Crippen LogP contribution in [0, 0.1) is 6.92 Å². The zero-order valence-corrected chi connectivity index (χ0v) is 18.0. The molecule has 0 aliphatic carbocycles. The molecule has 5 rings (SSSR count). The van der Waals surface area contributed by atoms with Crippen LogP contribution >= 0.6 is 0 Å². The van der Waals surface area contributed by atoms with E-state index in [9.17, 15) is 0 Å². The molecular weight excluding hydrogens is 382 g/mol. The third-order valence-corrected chi connectivity index (χ3v) is 6.63. The highest BCUT2D eigenvalue weighted by atomic mass is 16.6. The van der Waals surface area contributed by atoms with E-state index in [4.69, 9.17) is 19.4 Å². The van der Waals surface area contributed by atoms with Crippen LogP contribution < -0.4 is 15.0 Å². The van der Waals surface area contributed by atoms with Gasteiger partial charge in [0.15, 0.2) is 5.82 Å². The summed E-state index contributed by atoms with van der Waals surface area (Å²) in [5, 5.41) is 10.5. The number of aromatic nitrogens is 4. The molecule has 9 nitrogen and oxygen atoms in total. The molecule has 2 aromatic rings. The van der Waals surface area contributed by atoms with E-state index in [2.05, 4.69) is 39.3 Å². The number of aryl methyl sites for hydroxylation is 1. The molecule has 30 heavy (non-hydrogen) atoms. The van der Waals surface area contributed by atoms with E-state index >= 15 is 0 Å². The normalized spacial score (nSPS) is 26.4. The van der Waals surface area contributed by atoms with Gasteiger partial charge in [-0.25, -0.2) is 0 Å². The summed E-state index contributed by atoms with van der Waals surface area (Å²) in [6.45, 7) is 6.73. The Hall–Kier alpha value is -2.39. The number of hydrogen-bond acceptors (Lipinski definition) is 8. The van der Waals surface area contributed by atoms with Crippen molar-refractivity contribution in [1.29, 1.82) is 0 Å². The van der Waals surface area contributed by atoms with E-state index in [1.54, 1.807) is 0 Å². The molecule has 3 unspecified atom stereocenters. The standard InChI is InChI=1S/C21H31N7O2/c1-4-14-8-16(9-15-5-6-28(14)15)27(3)21-23-18(22-19-7-13(2)25-26-19)10-20(24-21)30-17-11-29-12-17/h7,10,14-17H,4-6,8-9,11-12H2,1-3H3,(H2,22,23,24,25,26). The van der Waals surface area contributed by atoms with Crippen molar-refractivity contribution in [3.8, 4) is 5.88 Å². The van der Waals surface area contributed by atoms with Gasteiger partial charge in [0.2, 0.25) is 11.8 Å². The highest BCUT2D eigenvalue weighted by molar-refractivity contribution is 5.55. The Kier molecular flexibility index (Phi) is 5.24. The van der Waals surface area contributed by atoms with E-state index in [0.717, 1.165) is 17.9 Å². The first kappa shape index (κ1) is 19.6. The summed E-state index contributed by atoms with van der Waals surface area (Å²) >= 11 is 0. The number of hydrogen-bond donors (Lipinski definition) is 2. The smallest absolute Gasteiger partial charge is 0.230 e. The molecule has 2 N–H and O–H groups in total. The van der Waals surface area contributed by atoms with Crippen LogP contribution in [0.2, 0.25) is 0 Å². The average Bonchev–Trinajstić information content (AvgIpc) is 3.09. The van der Waals surface area contributed by atoms with E-state index in [1.165, 1.54) is 25.8 Å². The van der Waals surface area contributed by atoms with Crippen LogP contribution in [-0.2, 0) is 4.74 Å². The fourth-order valence-corrected chi connectivity index (χ4v) is 4.70. The molecule has 5 heterocycles. The second-order valence-corrected chi connectivity index (χ2v) is 8.71. The van der Waals surface area contributed by atoms with E-state index in [-0.39, 0.29) is 6.10 Å². The lowest BCUT2D eigenvalue weighted by molar-refractivity contribution is -0.0813. The van der Waals surface area contributed by atoms with Crippen molar-refractivity contribution in [3.05, 3.63) is 17.8 Å². The highest BCUT2D eigenvalue weighted by Crippen LogP contribution is 2.36. The maximum atomic E-state index is 6.02. The number of fused-ring (bicyclic) bond motifs is 1. The fourth-order valence-electron chi connectivity index (χ4n) is 4.70. The molecule has 162 valence electrons. The Morgan fingerprint density at radius 2 is 2.13 bits per heavy atom. The monoisotopic (exact) mass is 413 g/mol. The first-order valence-corrected chi connectivity index (χ1v) is 11.0. The minimum absolute atomic E-state index is 0.0567. The van der Waals surface area contributed by atoms with Gasteiger partial charge in [-0.15, -0.1) is 0 Å². The molecule has 9 heteroatoms. The quantitative estimate of drug-likeness (QED) is 0.715. The number of aromatic amines is 1. The van der Waals surface area contributed by atoms with Crippen LogP contribution in [-0.4, -0.2) is 76.1 Å². The summed E-state index contributed by atoms with van der Waals surface area (Å²) < 4.78 is 11.3.